The van der Waals surface area contributed by atoms with Crippen LogP contribution in [0.4, 0.5) is 0 Å². The number of carbonyl (C=O) groups is 1. The van der Waals surface area contributed by atoms with Gasteiger partial charge in [0, 0.05) is 0 Å². The van der Waals surface area contributed by atoms with E-state index in [1.165, 1.54) is 11.8 Å². The van der Waals surface area contributed by atoms with Crippen LogP contribution in [0.2, 0.25) is 0 Å². The number of hydrogen-bond acceptors (Lipinski definition) is 4. The summed E-state index contributed by atoms with van der Waals surface area (Å²) in [5.74, 6) is -0.0984. The van der Waals surface area contributed by atoms with Gasteiger partial charge in [-0.1, -0.05) is 0 Å². The van der Waals surface area contributed by atoms with Crippen LogP contribution in [0.1, 0.15) is 6.92 Å². The number of hydrogen-bond donors (Lipinski definition) is 0. The van der Waals surface area contributed by atoms with Crippen molar-refractivity contribution in [3.63, 3.8) is 0 Å². The molecule has 2 heterocycles. The second-order valence-corrected chi connectivity index (χ2v) is 3.23. The van der Waals surface area contributed by atoms with Crippen molar-refractivity contribution >= 4 is 27.9 Å². The summed E-state index contributed by atoms with van der Waals surface area (Å²) in [5, 5.41) is 7.36. The lowest BCUT2D eigenvalue weighted by Gasteiger charge is -2.00. The predicted molar refractivity (Wildman–Crippen MR) is 39.8 cm³/mol. The predicted octanol–water partition coefficient (Wildman–Crippen LogP) is 0.265. The molecule has 0 aliphatic carbocycles. The van der Waals surface area contributed by atoms with E-state index in [0.717, 1.165) is 10.2 Å². The Labute approximate surface area is 62.0 Å². The lowest BCUT2D eigenvalue weighted by molar-refractivity contribution is -0.117. The third kappa shape index (κ3) is 0.740. The maximum absolute atomic E-state index is 10.7. The van der Waals surface area contributed by atoms with Crippen LogP contribution in [-0.4, -0.2) is 27.7 Å². The van der Waals surface area contributed by atoms with Crippen LogP contribution >= 0.6 is 11.8 Å². The molecule has 0 radical (unpaired) electrons. The molecule has 0 saturated heterocycles. The second-order valence-electron chi connectivity index (χ2n) is 2.07. The molecule has 0 aromatic rings. The maximum atomic E-state index is 10.7. The van der Waals surface area contributed by atoms with Gasteiger partial charge in [0.05, 0.1) is 5.04 Å². The molecule has 0 saturated carbocycles. The lowest BCUT2D eigenvalue weighted by atomic mass is 10.6. The minimum absolute atomic E-state index is 0.0984. The number of carbonyl (C=O) groups excluding carboxylic acids is 1. The minimum Gasteiger partial charge on any atom is -0.270 e. The summed E-state index contributed by atoms with van der Waals surface area (Å²) in [5.41, 5.74) is 0. The molecule has 2 rings (SSSR count). The van der Waals surface area contributed by atoms with E-state index in [0.29, 0.717) is 6.54 Å². The normalized spacial score (nSPS) is 22.9. The third-order valence-corrected chi connectivity index (χ3v) is 2.09. The van der Waals surface area contributed by atoms with Crippen molar-refractivity contribution in [1.29, 1.82) is 0 Å². The topological polar surface area (TPSA) is 45.0 Å². The summed E-state index contributed by atoms with van der Waals surface area (Å²) < 4.78 is 0. The average Bonchev–Trinajstić information content (AvgIpc) is 2.21. The molecule has 5 heteroatoms. The monoisotopic (exact) mass is 155 g/mol. The number of nitrogens with zero attached hydrogens (tertiary/aromatic N) is 3. The van der Waals surface area contributed by atoms with Crippen LogP contribution in [0.5, 0.6) is 0 Å². The van der Waals surface area contributed by atoms with E-state index in [4.69, 9.17) is 0 Å². The molecule has 2 aliphatic rings. The first-order valence-corrected chi connectivity index (χ1v) is 3.69. The van der Waals surface area contributed by atoms with E-state index in [-0.39, 0.29) is 5.91 Å². The molecule has 0 N–H and O–H groups in total. The molecule has 0 atom stereocenters. The summed E-state index contributed by atoms with van der Waals surface area (Å²) in [6.07, 6.45) is 0. The van der Waals surface area contributed by atoms with Crippen LogP contribution in [0, 0.1) is 0 Å². The highest BCUT2D eigenvalue weighted by atomic mass is 32.2. The fourth-order valence-corrected chi connectivity index (χ4v) is 1.63. The van der Waals surface area contributed by atoms with E-state index < -0.39 is 0 Å². The largest absolute Gasteiger partial charge is 0.270 e. The van der Waals surface area contributed by atoms with Gasteiger partial charge in [0.25, 0.3) is 5.91 Å². The Kier molecular flexibility index (Phi) is 1.08. The highest BCUT2D eigenvalue weighted by Crippen LogP contribution is 2.23. The van der Waals surface area contributed by atoms with Crippen molar-refractivity contribution in [3.05, 3.63) is 0 Å². The van der Waals surface area contributed by atoms with E-state index in [1.54, 1.807) is 5.01 Å². The van der Waals surface area contributed by atoms with Crippen LogP contribution in [0.3, 0.4) is 0 Å². The lowest BCUT2D eigenvalue weighted by Crippen LogP contribution is -2.16. The summed E-state index contributed by atoms with van der Waals surface area (Å²) in [6.45, 7) is 2.22. The molecule has 52 valence electrons. The van der Waals surface area contributed by atoms with Gasteiger partial charge in [0.2, 0.25) is 0 Å². The van der Waals surface area contributed by atoms with Crippen molar-refractivity contribution in [2.75, 3.05) is 6.54 Å². The van der Waals surface area contributed by atoms with Crippen molar-refractivity contribution in [2.24, 2.45) is 10.1 Å². The Morgan fingerprint density at radius 3 is 3.20 bits per heavy atom. The Bertz CT molecular complexity index is 258. The maximum Gasteiger partial charge on any atom is 0.269 e. The third-order valence-electron chi connectivity index (χ3n) is 1.23. The first-order valence-electron chi connectivity index (χ1n) is 2.88. The average molecular weight is 155 g/mol. The molecule has 2 aliphatic heterocycles. The summed E-state index contributed by atoms with van der Waals surface area (Å²) in [4.78, 5) is 14.4. The molecule has 0 unspecified atom stereocenters. The van der Waals surface area contributed by atoms with Crippen molar-refractivity contribution in [1.82, 2.24) is 5.01 Å². The molecular weight excluding hydrogens is 150 g/mol. The zero-order valence-electron chi connectivity index (χ0n) is 5.37. The van der Waals surface area contributed by atoms with Crippen molar-refractivity contribution < 1.29 is 4.79 Å². The molecule has 0 spiro atoms. The van der Waals surface area contributed by atoms with Gasteiger partial charge in [-0.2, -0.15) is 10.1 Å². The number of thioether (sulfide) groups is 1. The molecule has 1 amide bonds. The van der Waals surface area contributed by atoms with Gasteiger partial charge in [-0.05, 0) is 18.7 Å². The van der Waals surface area contributed by atoms with Gasteiger partial charge in [-0.15, -0.1) is 0 Å². The zero-order valence-corrected chi connectivity index (χ0v) is 6.18. The molecular formula is C5H5N3OS. The summed E-state index contributed by atoms with van der Waals surface area (Å²) in [6, 6.07) is 0. The molecule has 0 aromatic carbocycles. The highest BCUT2D eigenvalue weighted by Gasteiger charge is 2.28. The first kappa shape index (κ1) is 5.91. The van der Waals surface area contributed by atoms with E-state index in [1.807, 2.05) is 6.92 Å². The van der Waals surface area contributed by atoms with E-state index >= 15 is 0 Å². The van der Waals surface area contributed by atoms with Gasteiger partial charge >= 0.3 is 0 Å². The fraction of sp³-hybridized carbons (Fsp3) is 0.400. The Morgan fingerprint density at radius 1 is 1.70 bits per heavy atom. The van der Waals surface area contributed by atoms with Crippen LogP contribution in [-0.2, 0) is 4.79 Å². The summed E-state index contributed by atoms with van der Waals surface area (Å²) >= 11 is 1.44. The molecule has 0 bridgehead atoms. The van der Waals surface area contributed by atoms with Crippen molar-refractivity contribution in [3.8, 4) is 0 Å². The number of rotatable bonds is 0. The molecule has 4 nitrogen and oxygen atoms in total. The number of aliphatic imine (C=N–C) groups is 1. The van der Waals surface area contributed by atoms with Gasteiger partial charge < -0.3 is 0 Å². The van der Waals surface area contributed by atoms with Gasteiger partial charge in [-0.3, -0.25) is 4.79 Å². The number of amides is 1. The molecule has 0 aromatic heterocycles. The first-order chi connectivity index (χ1) is 4.75. The fourth-order valence-electron chi connectivity index (χ4n) is 0.872. The van der Waals surface area contributed by atoms with Crippen LogP contribution in [0.25, 0.3) is 0 Å². The van der Waals surface area contributed by atoms with E-state index in [9.17, 15) is 4.79 Å². The van der Waals surface area contributed by atoms with Crippen LogP contribution in [0.15, 0.2) is 10.1 Å². The zero-order chi connectivity index (χ0) is 7.14. The molecule has 10 heavy (non-hydrogen) atoms. The number of fused-ring (bicyclic) bond motifs is 1. The standard InChI is InChI=1S/C5H5N3OS/c1-3-7-8-2-4(9)6-5(8)10-3/h2H2,1H3. The smallest absolute Gasteiger partial charge is 0.269 e. The van der Waals surface area contributed by atoms with Crippen molar-refractivity contribution in [2.45, 2.75) is 6.92 Å². The van der Waals surface area contributed by atoms with E-state index in [2.05, 4.69) is 10.1 Å². The number of hydrazone groups is 1. The quantitative estimate of drug-likeness (QED) is 0.504. The second kappa shape index (κ2) is 1.82. The Morgan fingerprint density at radius 2 is 2.50 bits per heavy atom. The van der Waals surface area contributed by atoms with Gasteiger partial charge in [0.15, 0.2) is 5.17 Å². The van der Waals surface area contributed by atoms with Crippen LogP contribution < -0.4 is 0 Å². The highest BCUT2D eigenvalue weighted by molar-refractivity contribution is 8.26. The van der Waals surface area contributed by atoms with Gasteiger partial charge in [0.1, 0.15) is 6.54 Å². The Hall–Kier alpha value is -0.840. The SMILES string of the molecule is CC1=NN2CC(=O)N=C2S1. The summed E-state index contributed by atoms with van der Waals surface area (Å²) in [7, 11) is 0. The Balaban J connectivity index is 2.29. The number of amidine groups is 1. The minimum atomic E-state index is -0.0984. The molecule has 0 fully saturated rings. The van der Waals surface area contributed by atoms with Gasteiger partial charge in [-0.25, -0.2) is 5.01 Å².